The van der Waals surface area contributed by atoms with Gasteiger partial charge in [0.1, 0.15) is 6.61 Å². The maximum absolute atomic E-state index is 5.91. The molecule has 4 heteroatoms. The van der Waals surface area contributed by atoms with Gasteiger partial charge in [-0.25, -0.2) is 0 Å². The average Bonchev–Trinajstić information content (AvgIpc) is 2.54. The molecule has 0 radical (unpaired) electrons. The normalized spacial score (nSPS) is 10.7. The van der Waals surface area contributed by atoms with Crippen LogP contribution in [0.3, 0.4) is 0 Å². The number of rotatable bonds is 8. The molecule has 0 bridgehead atoms. The van der Waals surface area contributed by atoms with Gasteiger partial charge in [0.05, 0.1) is 7.11 Å². The van der Waals surface area contributed by atoms with Gasteiger partial charge in [-0.2, -0.15) is 0 Å². The molecule has 0 saturated heterocycles. The van der Waals surface area contributed by atoms with Crippen molar-refractivity contribution >= 4 is 0 Å². The summed E-state index contributed by atoms with van der Waals surface area (Å²) < 4.78 is 11.3. The standard InChI is InChI=1S/C18H24N2O2/c1-20(2)11-5-7-15-8-9-17(21-3)18(12-15)22-14-16-6-4-10-19-13-16/h4,6,8-10,12-13H,5,7,11,14H2,1-3H3. The molecule has 0 fully saturated rings. The van der Waals surface area contributed by atoms with Crippen molar-refractivity contribution in [3.05, 3.63) is 53.9 Å². The van der Waals surface area contributed by atoms with E-state index in [9.17, 15) is 0 Å². The summed E-state index contributed by atoms with van der Waals surface area (Å²) in [6.45, 7) is 1.57. The number of methoxy groups -OCH3 is 1. The van der Waals surface area contributed by atoms with Crippen LogP contribution in [-0.2, 0) is 13.0 Å². The Bertz CT molecular complexity index is 571. The zero-order valence-corrected chi connectivity index (χ0v) is 13.6. The fraction of sp³-hybridized carbons (Fsp3) is 0.389. The van der Waals surface area contributed by atoms with Gasteiger partial charge in [-0.3, -0.25) is 4.98 Å². The topological polar surface area (TPSA) is 34.6 Å². The Morgan fingerprint density at radius 3 is 2.64 bits per heavy atom. The lowest BCUT2D eigenvalue weighted by atomic mass is 10.1. The van der Waals surface area contributed by atoms with E-state index in [0.29, 0.717) is 6.61 Å². The van der Waals surface area contributed by atoms with Crippen molar-refractivity contribution in [2.75, 3.05) is 27.7 Å². The highest BCUT2D eigenvalue weighted by atomic mass is 16.5. The highest BCUT2D eigenvalue weighted by molar-refractivity contribution is 5.43. The smallest absolute Gasteiger partial charge is 0.161 e. The molecule has 0 aliphatic rings. The summed E-state index contributed by atoms with van der Waals surface area (Å²) in [5.41, 5.74) is 2.31. The van der Waals surface area contributed by atoms with Crippen molar-refractivity contribution in [1.82, 2.24) is 9.88 Å². The number of aryl methyl sites for hydroxylation is 1. The molecule has 0 N–H and O–H groups in total. The minimum Gasteiger partial charge on any atom is -0.493 e. The van der Waals surface area contributed by atoms with Crippen molar-refractivity contribution in [3.63, 3.8) is 0 Å². The second-order valence-electron chi connectivity index (χ2n) is 5.54. The quantitative estimate of drug-likeness (QED) is 0.750. The van der Waals surface area contributed by atoms with Crippen LogP contribution in [-0.4, -0.2) is 37.6 Å². The van der Waals surface area contributed by atoms with E-state index in [1.807, 2.05) is 24.4 Å². The van der Waals surface area contributed by atoms with Crippen LogP contribution < -0.4 is 9.47 Å². The van der Waals surface area contributed by atoms with Crippen LogP contribution in [0.1, 0.15) is 17.5 Å². The highest BCUT2D eigenvalue weighted by Gasteiger charge is 2.07. The van der Waals surface area contributed by atoms with Crippen molar-refractivity contribution in [2.24, 2.45) is 0 Å². The predicted octanol–water partition coefficient (Wildman–Crippen LogP) is 3.16. The van der Waals surface area contributed by atoms with E-state index in [1.165, 1.54) is 5.56 Å². The molecule has 0 atom stereocenters. The third-order valence-corrected chi connectivity index (χ3v) is 3.42. The van der Waals surface area contributed by atoms with E-state index in [0.717, 1.165) is 36.4 Å². The first-order valence-corrected chi connectivity index (χ1v) is 7.52. The second-order valence-corrected chi connectivity index (χ2v) is 5.54. The first-order chi connectivity index (χ1) is 10.7. The Morgan fingerprint density at radius 2 is 1.95 bits per heavy atom. The lowest BCUT2D eigenvalue weighted by Gasteiger charge is -2.13. The van der Waals surface area contributed by atoms with Crippen LogP contribution in [0, 0.1) is 0 Å². The summed E-state index contributed by atoms with van der Waals surface area (Å²) in [6, 6.07) is 10.1. The fourth-order valence-corrected chi connectivity index (χ4v) is 2.23. The third-order valence-electron chi connectivity index (χ3n) is 3.42. The van der Waals surface area contributed by atoms with Gasteiger partial charge in [0.15, 0.2) is 11.5 Å². The van der Waals surface area contributed by atoms with E-state index in [-0.39, 0.29) is 0 Å². The van der Waals surface area contributed by atoms with Crippen molar-refractivity contribution in [1.29, 1.82) is 0 Å². The Hall–Kier alpha value is -2.07. The lowest BCUT2D eigenvalue weighted by molar-refractivity contribution is 0.283. The number of hydrogen-bond acceptors (Lipinski definition) is 4. The molecule has 0 aliphatic carbocycles. The fourth-order valence-electron chi connectivity index (χ4n) is 2.23. The molecule has 118 valence electrons. The van der Waals surface area contributed by atoms with Gasteiger partial charge in [-0.05, 0) is 57.2 Å². The number of ether oxygens (including phenoxy) is 2. The van der Waals surface area contributed by atoms with Gasteiger partial charge in [0, 0.05) is 18.0 Å². The maximum Gasteiger partial charge on any atom is 0.161 e. The van der Waals surface area contributed by atoms with E-state index < -0.39 is 0 Å². The Balaban J connectivity index is 2.01. The van der Waals surface area contributed by atoms with Crippen LogP contribution in [0.15, 0.2) is 42.7 Å². The van der Waals surface area contributed by atoms with Crippen molar-refractivity contribution in [3.8, 4) is 11.5 Å². The van der Waals surface area contributed by atoms with Crippen LogP contribution in [0.4, 0.5) is 0 Å². The third kappa shape index (κ3) is 5.04. The number of hydrogen-bond donors (Lipinski definition) is 0. The number of benzene rings is 1. The molecule has 0 spiro atoms. The summed E-state index contributed by atoms with van der Waals surface area (Å²) in [5.74, 6) is 1.55. The minimum atomic E-state index is 0.491. The predicted molar refractivity (Wildman–Crippen MR) is 88.4 cm³/mol. The zero-order chi connectivity index (χ0) is 15.8. The van der Waals surface area contributed by atoms with E-state index in [2.05, 4.69) is 36.1 Å². The van der Waals surface area contributed by atoms with E-state index in [1.54, 1.807) is 13.3 Å². The summed E-state index contributed by atoms with van der Waals surface area (Å²) in [6.07, 6.45) is 5.73. The molecule has 4 nitrogen and oxygen atoms in total. The summed E-state index contributed by atoms with van der Waals surface area (Å²) in [7, 11) is 5.85. The SMILES string of the molecule is COc1ccc(CCCN(C)C)cc1OCc1cccnc1. The van der Waals surface area contributed by atoms with Gasteiger partial charge in [0.25, 0.3) is 0 Å². The maximum atomic E-state index is 5.91. The van der Waals surface area contributed by atoms with Crippen molar-refractivity contribution in [2.45, 2.75) is 19.4 Å². The summed E-state index contributed by atoms with van der Waals surface area (Å²) >= 11 is 0. The molecule has 1 aromatic heterocycles. The molecule has 1 heterocycles. The summed E-state index contributed by atoms with van der Waals surface area (Å²) in [4.78, 5) is 6.30. The molecule has 0 unspecified atom stereocenters. The van der Waals surface area contributed by atoms with Gasteiger partial charge in [-0.1, -0.05) is 12.1 Å². The lowest BCUT2D eigenvalue weighted by Crippen LogP contribution is -2.13. The Morgan fingerprint density at radius 1 is 1.09 bits per heavy atom. The minimum absolute atomic E-state index is 0.491. The molecule has 2 aromatic rings. The molecule has 2 rings (SSSR count). The largest absolute Gasteiger partial charge is 0.493 e. The second kappa shape index (κ2) is 8.39. The van der Waals surface area contributed by atoms with E-state index in [4.69, 9.17) is 9.47 Å². The number of aromatic nitrogens is 1. The van der Waals surface area contributed by atoms with Gasteiger partial charge < -0.3 is 14.4 Å². The van der Waals surface area contributed by atoms with E-state index >= 15 is 0 Å². The number of pyridine rings is 1. The molecule has 0 amide bonds. The first kappa shape index (κ1) is 16.3. The van der Waals surface area contributed by atoms with Gasteiger partial charge in [0.2, 0.25) is 0 Å². The van der Waals surface area contributed by atoms with Crippen LogP contribution in [0.25, 0.3) is 0 Å². The number of nitrogens with zero attached hydrogens (tertiary/aromatic N) is 2. The van der Waals surface area contributed by atoms with Crippen LogP contribution in [0.5, 0.6) is 11.5 Å². The Kier molecular flexibility index (Phi) is 6.22. The highest BCUT2D eigenvalue weighted by Crippen LogP contribution is 2.29. The molecule has 1 aromatic carbocycles. The van der Waals surface area contributed by atoms with Crippen LogP contribution >= 0.6 is 0 Å². The van der Waals surface area contributed by atoms with Crippen LogP contribution in [0.2, 0.25) is 0 Å². The molecule has 0 aliphatic heterocycles. The van der Waals surface area contributed by atoms with Crippen molar-refractivity contribution < 1.29 is 9.47 Å². The Labute approximate surface area is 132 Å². The van der Waals surface area contributed by atoms with Gasteiger partial charge >= 0.3 is 0 Å². The monoisotopic (exact) mass is 300 g/mol. The molecule has 22 heavy (non-hydrogen) atoms. The molecule has 0 saturated carbocycles. The van der Waals surface area contributed by atoms with Gasteiger partial charge in [-0.15, -0.1) is 0 Å². The first-order valence-electron chi connectivity index (χ1n) is 7.52. The average molecular weight is 300 g/mol. The molecular formula is C18H24N2O2. The molecular weight excluding hydrogens is 276 g/mol. The summed E-state index contributed by atoms with van der Waals surface area (Å²) in [5, 5.41) is 0. The zero-order valence-electron chi connectivity index (χ0n) is 13.6.